The third-order valence-electron chi connectivity index (χ3n) is 13.0. The molecule has 0 aromatic rings. The first-order chi connectivity index (χ1) is 15.0. The molecule has 0 spiro atoms. The Morgan fingerprint density at radius 3 is 1.97 bits per heavy atom. The van der Waals surface area contributed by atoms with E-state index in [4.69, 9.17) is 0 Å². The van der Waals surface area contributed by atoms with Crippen LogP contribution in [0.1, 0.15) is 126 Å². The van der Waals surface area contributed by atoms with Gasteiger partial charge in [-0.05, 0) is 116 Å². The van der Waals surface area contributed by atoms with Crippen LogP contribution in [0.25, 0.3) is 0 Å². The molecule has 0 aliphatic heterocycles. The summed E-state index contributed by atoms with van der Waals surface area (Å²) in [6, 6.07) is 0. The molecule has 4 aliphatic carbocycles. The standard InChI is InChI=1S/C30H50O3/c1-20(31)27(5)12-11-22-28(6,21(27)9-10-24(32)33)16-18-30(8)23-19-25(2,3)13-14-26(23,4)15-17-29(22,30)7/h21-23H,9-19H2,1-8H3,(H,32,33)/t21-,22+,23+,26-,27+,28-,29-,30+/m1/s1. The summed E-state index contributed by atoms with van der Waals surface area (Å²) in [6.07, 6.45) is 11.9. The Hall–Kier alpha value is -0.860. The maximum atomic E-state index is 13.0. The van der Waals surface area contributed by atoms with Gasteiger partial charge in [0.05, 0.1) is 0 Å². The number of aliphatic carboxylic acids is 1. The smallest absolute Gasteiger partial charge is 0.303 e. The van der Waals surface area contributed by atoms with E-state index in [0.717, 1.165) is 25.2 Å². The topological polar surface area (TPSA) is 54.4 Å². The van der Waals surface area contributed by atoms with Crippen molar-refractivity contribution in [3.63, 3.8) is 0 Å². The Kier molecular flexibility index (Phi) is 5.79. The molecule has 4 fully saturated rings. The molecule has 8 atom stereocenters. The number of hydrogen-bond acceptors (Lipinski definition) is 2. The normalized spacial score (nSPS) is 51.1. The first-order valence-corrected chi connectivity index (χ1v) is 13.8. The second kappa shape index (κ2) is 7.57. The fourth-order valence-electron chi connectivity index (χ4n) is 10.4. The second-order valence-electron chi connectivity index (χ2n) is 15.0. The molecule has 188 valence electrons. The van der Waals surface area contributed by atoms with Gasteiger partial charge in [0.2, 0.25) is 0 Å². The zero-order valence-electron chi connectivity index (χ0n) is 22.8. The number of carboxylic acids is 1. The summed E-state index contributed by atoms with van der Waals surface area (Å²) >= 11 is 0. The van der Waals surface area contributed by atoms with E-state index >= 15 is 0 Å². The second-order valence-corrected chi connectivity index (χ2v) is 15.0. The van der Waals surface area contributed by atoms with E-state index in [1.165, 1.54) is 38.5 Å². The number of carbonyl (C=O) groups is 2. The van der Waals surface area contributed by atoms with Gasteiger partial charge in [0, 0.05) is 11.8 Å². The van der Waals surface area contributed by atoms with E-state index in [1.54, 1.807) is 6.92 Å². The van der Waals surface area contributed by atoms with E-state index < -0.39 is 5.97 Å². The number of fused-ring (bicyclic) bond motifs is 5. The Morgan fingerprint density at radius 1 is 0.788 bits per heavy atom. The molecule has 4 saturated carbocycles. The highest BCUT2D eigenvalue weighted by Gasteiger charge is 2.70. The molecule has 0 aromatic carbocycles. The van der Waals surface area contributed by atoms with Crippen LogP contribution in [-0.4, -0.2) is 16.9 Å². The predicted molar refractivity (Wildman–Crippen MR) is 134 cm³/mol. The lowest BCUT2D eigenvalue weighted by molar-refractivity contribution is -0.249. The van der Waals surface area contributed by atoms with Gasteiger partial charge in [-0.1, -0.05) is 48.5 Å². The third kappa shape index (κ3) is 3.48. The monoisotopic (exact) mass is 458 g/mol. The fraction of sp³-hybridized carbons (Fsp3) is 0.933. The molecule has 0 saturated heterocycles. The molecular formula is C30H50O3. The predicted octanol–water partition coefficient (Wildman–Crippen LogP) is 7.91. The molecular weight excluding hydrogens is 408 g/mol. The number of Topliss-reactive ketones (excluding diaryl/α,β-unsaturated/α-hetero) is 1. The van der Waals surface area contributed by atoms with Crippen LogP contribution >= 0.6 is 0 Å². The Morgan fingerprint density at radius 2 is 1.36 bits per heavy atom. The lowest BCUT2D eigenvalue weighted by Crippen LogP contribution is -2.67. The lowest BCUT2D eigenvalue weighted by atomic mass is 9.31. The summed E-state index contributed by atoms with van der Waals surface area (Å²) in [5.41, 5.74) is 1.13. The van der Waals surface area contributed by atoms with Crippen LogP contribution < -0.4 is 0 Å². The first-order valence-electron chi connectivity index (χ1n) is 13.8. The summed E-state index contributed by atoms with van der Waals surface area (Å²) in [4.78, 5) is 24.6. The van der Waals surface area contributed by atoms with E-state index in [2.05, 4.69) is 48.5 Å². The highest BCUT2D eigenvalue weighted by atomic mass is 16.4. The fourth-order valence-corrected chi connectivity index (χ4v) is 10.4. The molecule has 4 rings (SSSR count). The average Bonchev–Trinajstić information content (AvgIpc) is 2.70. The molecule has 0 heterocycles. The van der Waals surface area contributed by atoms with Crippen molar-refractivity contribution in [3.8, 4) is 0 Å². The van der Waals surface area contributed by atoms with E-state index in [0.29, 0.717) is 28.6 Å². The van der Waals surface area contributed by atoms with Crippen LogP contribution in [0.3, 0.4) is 0 Å². The van der Waals surface area contributed by atoms with Crippen molar-refractivity contribution >= 4 is 11.8 Å². The van der Waals surface area contributed by atoms with Crippen molar-refractivity contribution in [2.75, 3.05) is 0 Å². The summed E-state index contributed by atoms with van der Waals surface area (Å²) in [7, 11) is 0. The molecule has 4 aliphatic rings. The highest BCUT2D eigenvalue weighted by Crippen LogP contribution is 2.77. The van der Waals surface area contributed by atoms with E-state index in [9.17, 15) is 14.7 Å². The van der Waals surface area contributed by atoms with Gasteiger partial charge >= 0.3 is 5.97 Å². The third-order valence-corrected chi connectivity index (χ3v) is 13.0. The molecule has 0 aromatic heterocycles. The van der Waals surface area contributed by atoms with Gasteiger partial charge in [-0.3, -0.25) is 9.59 Å². The maximum Gasteiger partial charge on any atom is 0.303 e. The summed E-state index contributed by atoms with van der Waals surface area (Å²) in [5.74, 6) is 1.03. The summed E-state index contributed by atoms with van der Waals surface area (Å²) in [6.45, 7) is 19.2. The largest absolute Gasteiger partial charge is 0.481 e. The number of hydrogen-bond donors (Lipinski definition) is 1. The zero-order chi connectivity index (χ0) is 24.7. The number of ketones is 1. The lowest BCUT2D eigenvalue weighted by Gasteiger charge is -2.74. The average molecular weight is 459 g/mol. The number of carboxylic acid groups (broad SMARTS) is 1. The summed E-state index contributed by atoms with van der Waals surface area (Å²) < 4.78 is 0. The van der Waals surface area contributed by atoms with Crippen LogP contribution in [0, 0.1) is 50.2 Å². The van der Waals surface area contributed by atoms with Crippen molar-refractivity contribution in [2.24, 2.45) is 50.2 Å². The van der Waals surface area contributed by atoms with Crippen molar-refractivity contribution in [1.29, 1.82) is 0 Å². The molecule has 3 heteroatoms. The van der Waals surface area contributed by atoms with E-state index in [-0.39, 0.29) is 34.4 Å². The number of rotatable bonds is 4. The summed E-state index contributed by atoms with van der Waals surface area (Å²) in [5, 5.41) is 9.53. The van der Waals surface area contributed by atoms with Gasteiger partial charge < -0.3 is 5.11 Å². The number of carbonyl (C=O) groups excluding carboxylic acids is 1. The molecule has 0 bridgehead atoms. The van der Waals surface area contributed by atoms with Gasteiger partial charge in [-0.25, -0.2) is 0 Å². The van der Waals surface area contributed by atoms with E-state index in [1.807, 2.05) is 0 Å². The molecule has 33 heavy (non-hydrogen) atoms. The minimum absolute atomic E-state index is 0.0420. The minimum atomic E-state index is -0.726. The van der Waals surface area contributed by atoms with Gasteiger partial charge in [-0.15, -0.1) is 0 Å². The SMILES string of the molecule is CC(=O)[C@]1(C)CC[C@H]2[C@](C)(CC[C@@]3(C)[C@H]4CC(C)(C)CC[C@]4(C)CC[C@]23C)[C@@H]1CCC(=O)O. The Bertz CT molecular complexity index is 830. The van der Waals surface area contributed by atoms with Crippen molar-refractivity contribution in [3.05, 3.63) is 0 Å². The van der Waals surface area contributed by atoms with Crippen LogP contribution in [0.2, 0.25) is 0 Å². The quantitative estimate of drug-likeness (QED) is 0.465. The van der Waals surface area contributed by atoms with Crippen LogP contribution in [-0.2, 0) is 9.59 Å². The van der Waals surface area contributed by atoms with Crippen LogP contribution in [0.5, 0.6) is 0 Å². The van der Waals surface area contributed by atoms with Crippen LogP contribution in [0.15, 0.2) is 0 Å². The molecule has 3 nitrogen and oxygen atoms in total. The van der Waals surface area contributed by atoms with Gasteiger partial charge in [0.1, 0.15) is 5.78 Å². The van der Waals surface area contributed by atoms with Gasteiger partial charge in [-0.2, -0.15) is 0 Å². The zero-order valence-corrected chi connectivity index (χ0v) is 22.8. The Labute approximate surface area is 202 Å². The van der Waals surface area contributed by atoms with Crippen LogP contribution in [0.4, 0.5) is 0 Å². The van der Waals surface area contributed by atoms with Crippen molar-refractivity contribution in [1.82, 2.24) is 0 Å². The minimum Gasteiger partial charge on any atom is -0.481 e. The molecule has 0 radical (unpaired) electrons. The highest BCUT2D eigenvalue weighted by molar-refractivity contribution is 5.82. The Balaban J connectivity index is 1.76. The van der Waals surface area contributed by atoms with Gasteiger partial charge in [0.25, 0.3) is 0 Å². The molecule has 0 unspecified atom stereocenters. The first kappa shape index (κ1) is 25.2. The van der Waals surface area contributed by atoms with Crippen molar-refractivity contribution < 1.29 is 14.7 Å². The molecule has 0 amide bonds. The molecule has 1 N–H and O–H groups in total. The maximum absolute atomic E-state index is 13.0. The van der Waals surface area contributed by atoms with Gasteiger partial charge in [0.15, 0.2) is 0 Å². The van der Waals surface area contributed by atoms with Crippen molar-refractivity contribution in [2.45, 2.75) is 126 Å².